The maximum Gasteiger partial charge on any atom is 0.230 e. The molecule has 0 unspecified atom stereocenters. The van der Waals surface area contributed by atoms with Crippen molar-refractivity contribution in [2.45, 2.75) is 51.5 Å². The summed E-state index contributed by atoms with van der Waals surface area (Å²) in [5, 5.41) is 3.15. The second-order valence-electron chi connectivity index (χ2n) is 7.11. The first-order chi connectivity index (χ1) is 12.1. The summed E-state index contributed by atoms with van der Waals surface area (Å²) in [6, 6.07) is 7.88. The van der Waals surface area contributed by atoms with Crippen LogP contribution < -0.4 is 15.0 Å². The van der Waals surface area contributed by atoms with E-state index >= 15 is 0 Å². The average Bonchev–Trinajstić information content (AvgIpc) is 3.48. The van der Waals surface area contributed by atoms with Crippen molar-refractivity contribution in [2.24, 2.45) is 11.8 Å². The Morgan fingerprint density at radius 1 is 1.04 bits per heavy atom. The highest BCUT2D eigenvalue weighted by molar-refractivity contribution is 5.95. The molecule has 136 valence electrons. The molecule has 1 N–H and O–H groups in total. The summed E-state index contributed by atoms with van der Waals surface area (Å²) in [6.07, 6.45) is 5.56. The Morgan fingerprint density at radius 3 is 2.16 bits per heavy atom. The van der Waals surface area contributed by atoms with Gasteiger partial charge in [-0.2, -0.15) is 0 Å². The molecule has 3 rings (SSSR count). The molecule has 0 radical (unpaired) electrons. The Bertz CT molecular complexity index is 602. The predicted octanol–water partition coefficient (Wildman–Crippen LogP) is 3.13. The predicted molar refractivity (Wildman–Crippen MR) is 97.6 cm³/mol. The highest BCUT2D eigenvalue weighted by Crippen LogP contribution is 2.31. The van der Waals surface area contributed by atoms with Crippen molar-refractivity contribution in [2.75, 3.05) is 18.6 Å². The molecule has 5 heteroatoms. The number of hydrogen-bond acceptors (Lipinski definition) is 3. The van der Waals surface area contributed by atoms with Crippen molar-refractivity contribution in [3.05, 3.63) is 24.3 Å². The van der Waals surface area contributed by atoms with E-state index in [2.05, 4.69) is 5.32 Å². The SMILES string of the molecule is CCN(C(=O)C1CCC(NC(=O)C2CC2)CC1)c1ccc(OC)cc1. The van der Waals surface area contributed by atoms with Crippen molar-refractivity contribution >= 4 is 17.5 Å². The number of carbonyl (C=O) groups is 2. The van der Waals surface area contributed by atoms with Gasteiger partial charge in [0.25, 0.3) is 0 Å². The van der Waals surface area contributed by atoms with E-state index in [0.29, 0.717) is 6.54 Å². The van der Waals surface area contributed by atoms with Crippen molar-refractivity contribution in [3.63, 3.8) is 0 Å². The molecule has 1 aromatic carbocycles. The molecule has 25 heavy (non-hydrogen) atoms. The van der Waals surface area contributed by atoms with Gasteiger partial charge in [0, 0.05) is 30.1 Å². The molecular weight excluding hydrogens is 316 g/mol. The number of hydrogen-bond donors (Lipinski definition) is 1. The number of carbonyl (C=O) groups excluding carboxylic acids is 2. The van der Waals surface area contributed by atoms with Crippen LogP contribution in [0.2, 0.25) is 0 Å². The minimum absolute atomic E-state index is 0.0520. The molecule has 2 saturated carbocycles. The monoisotopic (exact) mass is 344 g/mol. The molecule has 0 aliphatic heterocycles. The molecule has 0 aromatic heterocycles. The zero-order valence-corrected chi connectivity index (χ0v) is 15.2. The number of anilines is 1. The van der Waals surface area contributed by atoms with Crippen molar-refractivity contribution < 1.29 is 14.3 Å². The lowest BCUT2D eigenvalue weighted by molar-refractivity contribution is -0.124. The summed E-state index contributed by atoms with van der Waals surface area (Å²) in [6.45, 7) is 2.66. The van der Waals surface area contributed by atoms with Gasteiger partial charge in [-0.1, -0.05) is 0 Å². The Morgan fingerprint density at radius 2 is 1.64 bits per heavy atom. The van der Waals surface area contributed by atoms with Crippen LogP contribution in [-0.4, -0.2) is 31.5 Å². The molecule has 5 nitrogen and oxygen atoms in total. The highest BCUT2D eigenvalue weighted by atomic mass is 16.5. The first kappa shape index (κ1) is 17.8. The van der Waals surface area contributed by atoms with E-state index in [0.717, 1.165) is 50.0 Å². The van der Waals surface area contributed by atoms with Gasteiger partial charge >= 0.3 is 0 Å². The number of nitrogens with one attached hydrogen (secondary N) is 1. The second-order valence-corrected chi connectivity index (χ2v) is 7.11. The van der Waals surface area contributed by atoms with E-state index in [1.165, 1.54) is 0 Å². The topological polar surface area (TPSA) is 58.6 Å². The van der Waals surface area contributed by atoms with E-state index in [1.807, 2.05) is 36.1 Å². The lowest BCUT2D eigenvalue weighted by Gasteiger charge is -2.32. The molecule has 2 aliphatic rings. The van der Waals surface area contributed by atoms with Crippen LogP contribution >= 0.6 is 0 Å². The van der Waals surface area contributed by atoms with E-state index in [4.69, 9.17) is 4.74 Å². The molecule has 2 aliphatic carbocycles. The van der Waals surface area contributed by atoms with Crippen molar-refractivity contribution in [1.29, 1.82) is 0 Å². The minimum atomic E-state index is 0.0520. The normalized spacial score (nSPS) is 23.0. The Balaban J connectivity index is 1.55. The molecule has 2 amide bonds. The van der Waals surface area contributed by atoms with Crippen LogP contribution in [0.5, 0.6) is 5.75 Å². The van der Waals surface area contributed by atoms with Crippen LogP contribution in [0.3, 0.4) is 0 Å². The van der Waals surface area contributed by atoms with Gasteiger partial charge in [-0.3, -0.25) is 9.59 Å². The maximum absolute atomic E-state index is 12.9. The summed E-state index contributed by atoms with van der Waals surface area (Å²) in [7, 11) is 1.64. The number of methoxy groups -OCH3 is 1. The number of amides is 2. The van der Waals surface area contributed by atoms with Crippen LogP contribution in [0, 0.1) is 11.8 Å². The molecular formula is C20H28N2O3. The molecule has 0 saturated heterocycles. The van der Waals surface area contributed by atoms with Gasteiger partial charge in [-0.05, 0) is 69.7 Å². The summed E-state index contributed by atoms with van der Waals surface area (Å²) >= 11 is 0. The smallest absolute Gasteiger partial charge is 0.230 e. The quantitative estimate of drug-likeness (QED) is 0.862. The Hall–Kier alpha value is -2.04. The summed E-state index contributed by atoms with van der Waals surface area (Å²) in [5.74, 6) is 1.50. The molecule has 2 fully saturated rings. The molecule has 0 spiro atoms. The van der Waals surface area contributed by atoms with Crippen molar-refractivity contribution in [3.8, 4) is 5.75 Å². The summed E-state index contributed by atoms with van der Waals surface area (Å²) in [4.78, 5) is 26.7. The lowest BCUT2D eigenvalue weighted by Crippen LogP contribution is -2.42. The Kier molecular flexibility index (Phi) is 5.61. The summed E-state index contributed by atoms with van der Waals surface area (Å²) in [5.41, 5.74) is 0.914. The first-order valence-corrected chi connectivity index (χ1v) is 9.38. The fourth-order valence-corrected chi connectivity index (χ4v) is 3.60. The van der Waals surface area contributed by atoms with E-state index in [-0.39, 0.29) is 29.7 Å². The largest absolute Gasteiger partial charge is 0.497 e. The zero-order chi connectivity index (χ0) is 17.8. The highest BCUT2D eigenvalue weighted by Gasteiger charge is 2.34. The number of ether oxygens (including phenoxy) is 1. The lowest BCUT2D eigenvalue weighted by atomic mass is 9.85. The number of nitrogens with zero attached hydrogens (tertiary/aromatic N) is 1. The van der Waals surface area contributed by atoms with Gasteiger partial charge in [0.1, 0.15) is 5.75 Å². The standard InChI is InChI=1S/C20H28N2O3/c1-3-22(17-10-12-18(25-2)13-11-17)20(24)15-6-8-16(9-7-15)21-19(23)14-4-5-14/h10-16H,3-9H2,1-2H3,(H,21,23). The fraction of sp³-hybridized carbons (Fsp3) is 0.600. The van der Waals surface area contributed by atoms with Gasteiger partial charge < -0.3 is 15.0 Å². The fourth-order valence-electron chi connectivity index (χ4n) is 3.60. The molecule has 0 bridgehead atoms. The average molecular weight is 344 g/mol. The van der Waals surface area contributed by atoms with Crippen molar-refractivity contribution in [1.82, 2.24) is 5.32 Å². The first-order valence-electron chi connectivity index (χ1n) is 9.38. The zero-order valence-electron chi connectivity index (χ0n) is 15.2. The van der Waals surface area contributed by atoms with Crippen LogP contribution in [-0.2, 0) is 9.59 Å². The van der Waals surface area contributed by atoms with Crippen LogP contribution in [0.25, 0.3) is 0 Å². The van der Waals surface area contributed by atoms with E-state index in [9.17, 15) is 9.59 Å². The third-order valence-electron chi connectivity index (χ3n) is 5.34. The van der Waals surface area contributed by atoms with Gasteiger partial charge in [0.2, 0.25) is 11.8 Å². The second kappa shape index (κ2) is 7.89. The molecule has 0 heterocycles. The minimum Gasteiger partial charge on any atom is -0.497 e. The van der Waals surface area contributed by atoms with Gasteiger partial charge in [0.05, 0.1) is 7.11 Å². The maximum atomic E-state index is 12.9. The molecule has 1 aromatic rings. The number of benzene rings is 1. The third-order valence-corrected chi connectivity index (χ3v) is 5.34. The number of rotatable bonds is 6. The van der Waals surface area contributed by atoms with E-state index < -0.39 is 0 Å². The summed E-state index contributed by atoms with van der Waals surface area (Å²) < 4.78 is 5.19. The van der Waals surface area contributed by atoms with E-state index in [1.54, 1.807) is 7.11 Å². The van der Waals surface area contributed by atoms with Gasteiger partial charge in [-0.25, -0.2) is 0 Å². The van der Waals surface area contributed by atoms with Crippen LogP contribution in [0.4, 0.5) is 5.69 Å². The molecule has 0 atom stereocenters. The van der Waals surface area contributed by atoms with Crippen LogP contribution in [0.15, 0.2) is 24.3 Å². The third kappa shape index (κ3) is 4.33. The van der Waals surface area contributed by atoms with Gasteiger partial charge in [-0.15, -0.1) is 0 Å². The Labute approximate surface area is 149 Å². The van der Waals surface area contributed by atoms with Gasteiger partial charge in [0.15, 0.2) is 0 Å². The van der Waals surface area contributed by atoms with Crippen LogP contribution in [0.1, 0.15) is 45.4 Å².